The van der Waals surface area contributed by atoms with Crippen molar-refractivity contribution in [3.63, 3.8) is 0 Å². The van der Waals surface area contributed by atoms with E-state index < -0.39 is 0 Å². The zero-order valence-electron chi connectivity index (χ0n) is 4.12. The summed E-state index contributed by atoms with van der Waals surface area (Å²) in [6.07, 6.45) is 0. The van der Waals surface area contributed by atoms with Crippen LogP contribution in [0, 0.1) is 0 Å². The Morgan fingerprint density at radius 3 is 2.62 bits per heavy atom. The van der Waals surface area contributed by atoms with Crippen molar-refractivity contribution in [1.29, 1.82) is 0 Å². The van der Waals surface area contributed by atoms with Gasteiger partial charge in [-0.2, -0.15) is 0 Å². The standard InChI is InChI=1S/C3H3N2OSSe/c1-5-3(6)7-2(8)4-5/h1H3. The third-order valence-corrected chi connectivity index (χ3v) is 2.06. The van der Waals surface area contributed by atoms with Crippen molar-refractivity contribution >= 4 is 31.3 Å². The van der Waals surface area contributed by atoms with Gasteiger partial charge in [-0.15, -0.1) is 0 Å². The Hall–Kier alpha value is -0.121. The van der Waals surface area contributed by atoms with Crippen LogP contribution in [0.1, 0.15) is 0 Å². The minimum absolute atomic E-state index is 0.0289. The van der Waals surface area contributed by atoms with Crippen molar-refractivity contribution in [2.24, 2.45) is 7.05 Å². The molecule has 0 atom stereocenters. The van der Waals surface area contributed by atoms with Gasteiger partial charge >= 0.3 is 57.8 Å². The van der Waals surface area contributed by atoms with E-state index >= 15 is 0 Å². The summed E-state index contributed by atoms with van der Waals surface area (Å²) in [5.74, 6) is 0. The Balaban J connectivity index is 3.35. The molecule has 0 aliphatic rings. The van der Waals surface area contributed by atoms with Gasteiger partial charge in [-0.05, 0) is 0 Å². The van der Waals surface area contributed by atoms with Crippen LogP contribution in [0.4, 0.5) is 0 Å². The molecule has 0 aliphatic heterocycles. The summed E-state index contributed by atoms with van der Waals surface area (Å²) in [4.78, 5) is 10.5. The van der Waals surface area contributed by atoms with Gasteiger partial charge in [0.15, 0.2) is 0 Å². The summed E-state index contributed by atoms with van der Waals surface area (Å²) in [6, 6.07) is 0. The fourth-order valence-corrected chi connectivity index (χ4v) is 1.52. The summed E-state index contributed by atoms with van der Waals surface area (Å²) in [7, 11) is 1.62. The van der Waals surface area contributed by atoms with Crippen molar-refractivity contribution in [2.45, 2.75) is 0 Å². The maximum absolute atomic E-state index is 10.5. The molecular formula is C3H3N2OSSe. The van der Waals surface area contributed by atoms with Gasteiger partial charge in [0.25, 0.3) is 0 Å². The number of hydrogen-bond acceptors (Lipinski definition) is 3. The molecule has 0 unspecified atom stereocenters. The molecule has 5 heteroatoms. The van der Waals surface area contributed by atoms with Crippen LogP contribution in [-0.4, -0.2) is 25.8 Å². The van der Waals surface area contributed by atoms with E-state index in [1.807, 2.05) is 0 Å². The van der Waals surface area contributed by atoms with Crippen molar-refractivity contribution < 1.29 is 0 Å². The number of rotatable bonds is 0. The molecule has 0 spiro atoms. The molecule has 43 valence electrons. The minimum atomic E-state index is -0.0289. The molecule has 0 N–H and O–H groups in total. The average Bonchev–Trinajstić information content (AvgIpc) is 1.85. The molecule has 0 fully saturated rings. The van der Waals surface area contributed by atoms with Gasteiger partial charge in [-0.3, -0.25) is 0 Å². The van der Waals surface area contributed by atoms with Gasteiger partial charge in [-0.25, -0.2) is 0 Å². The number of nitrogens with zero attached hydrogens (tertiary/aromatic N) is 2. The molecule has 0 bridgehead atoms. The van der Waals surface area contributed by atoms with Crippen molar-refractivity contribution in [3.05, 3.63) is 9.67 Å². The molecule has 0 aliphatic carbocycles. The van der Waals surface area contributed by atoms with E-state index in [1.165, 1.54) is 4.68 Å². The summed E-state index contributed by atoms with van der Waals surface area (Å²) >= 11 is 3.76. The van der Waals surface area contributed by atoms with Crippen LogP contribution < -0.4 is 8.78 Å². The third kappa shape index (κ3) is 0.992. The van der Waals surface area contributed by atoms with E-state index in [4.69, 9.17) is 0 Å². The zero-order chi connectivity index (χ0) is 6.15. The van der Waals surface area contributed by atoms with Gasteiger partial charge in [0, 0.05) is 0 Å². The average molecular weight is 194 g/mol. The second kappa shape index (κ2) is 2.01. The van der Waals surface area contributed by atoms with Crippen LogP contribution in [0.2, 0.25) is 0 Å². The fraction of sp³-hybridized carbons (Fsp3) is 0.333. The molecule has 1 rings (SSSR count). The Morgan fingerprint density at radius 1 is 1.88 bits per heavy atom. The predicted octanol–water partition coefficient (Wildman–Crippen LogP) is -1.36. The van der Waals surface area contributed by atoms with E-state index in [-0.39, 0.29) is 4.87 Å². The van der Waals surface area contributed by atoms with Gasteiger partial charge < -0.3 is 0 Å². The van der Waals surface area contributed by atoms with Gasteiger partial charge in [-0.1, -0.05) is 0 Å². The molecule has 0 saturated carbocycles. The second-order valence-electron chi connectivity index (χ2n) is 1.26. The SMILES string of the molecule is Cn1nc([Se])sc1=O. The Kier molecular flexibility index (Phi) is 1.51. The van der Waals surface area contributed by atoms with E-state index in [0.29, 0.717) is 3.91 Å². The maximum atomic E-state index is 10.5. The quantitative estimate of drug-likeness (QED) is 0.478. The fourth-order valence-electron chi connectivity index (χ4n) is 0.324. The second-order valence-corrected chi connectivity index (χ2v) is 3.59. The van der Waals surface area contributed by atoms with Gasteiger partial charge in [0.2, 0.25) is 0 Å². The summed E-state index contributed by atoms with van der Waals surface area (Å²) in [6.45, 7) is 0. The van der Waals surface area contributed by atoms with E-state index in [0.717, 1.165) is 11.3 Å². The van der Waals surface area contributed by atoms with E-state index in [2.05, 4.69) is 21.1 Å². The first-order chi connectivity index (χ1) is 3.70. The molecule has 3 nitrogen and oxygen atoms in total. The van der Waals surface area contributed by atoms with Crippen LogP contribution in [0.15, 0.2) is 4.79 Å². The number of aryl methyl sites for hydroxylation is 1. The molecule has 0 saturated heterocycles. The monoisotopic (exact) mass is 195 g/mol. The van der Waals surface area contributed by atoms with Gasteiger partial charge in [0.1, 0.15) is 0 Å². The van der Waals surface area contributed by atoms with E-state index in [1.54, 1.807) is 7.05 Å². The van der Waals surface area contributed by atoms with Gasteiger partial charge in [0.05, 0.1) is 0 Å². The van der Waals surface area contributed by atoms with Crippen LogP contribution in [0.3, 0.4) is 0 Å². The Morgan fingerprint density at radius 2 is 2.50 bits per heavy atom. The molecular weight excluding hydrogens is 191 g/mol. The molecule has 0 aromatic carbocycles. The summed E-state index contributed by atoms with van der Waals surface area (Å²) < 4.78 is 1.99. The molecule has 1 radical (unpaired) electrons. The summed E-state index contributed by atoms with van der Waals surface area (Å²) in [5, 5.41) is 3.78. The molecule has 1 aromatic heterocycles. The molecule has 1 aromatic rings. The number of aromatic nitrogens is 2. The molecule has 8 heavy (non-hydrogen) atoms. The Labute approximate surface area is 58.2 Å². The van der Waals surface area contributed by atoms with Crippen LogP contribution >= 0.6 is 11.3 Å². The number of hydrogen-bond donors (Lipinski definition) is 0. The molecule has 1 heterocycles. The first-order valence-electron chi connectivity index (χ1n) is 1.91. The third-order valence-electron chi connectivity index (χ3n) is 0.670. The Bertz CT molecular complexity index is 240. The topological polar surface area (TPSA) is 34.9 Å². The first-order valence-corrected chi connectivity index (χ1v) is 3.58. The van der Waals surface area contributed by atoms with Crippen molar-refractivity contribution in [2.75, 3.05) is 0 Å². The van der Waals surface area contributed by atoms with Crippen LogP contribution in [0.5, 0.6) is 0 Å². The van der Waals surface area contributed by atoms with Crippen LogP contribution in [0.25, 0.3) is 0 Å². The normalized spacial score (nSPS) is 9.62. The first kappa shape index (κ1) is 6.01. The predicted molar refractivity (Wildman–Crippen MR) is 32.7 cm³/mol. The van der Waals surface area contributed by atoms with Crippen molar-refractivity contribution in [3.8, 4) is 0 Å². The van der Waals surface area contributed by atoms with E-state index in [9.17, 15) is 4.79 Å². The summed E-state index contributed by atoms with van der Waals surface area (Å²) in [5.41, 5.74) is 0. The van der Waals surface area contributed by atoms with Crippen molar-refractivity contribution in [1.82, 2.24) is 9.78 Å². The zero-order valence-corrected chi connectivity index (χ0v) is 6.65. The van der Waals surface area contributed by atoms with Crippen LogP contribution in [-0.2, 0) is 7.05 Å². The molecule has 0 amide bonds.